The maximum atomic E-state index is 11.7. The monoisotopic (exact) mass is 341 g/mol. The second-order valence-electron chi connectivity index (χ2n) is 4.50. The van der Waals surface area contributed by atoms with E-state index in [1.54, 1.807) is 0 Å². The van der Waals surface area contributed by atoms with Crippen LogP contribution in [0.15, 0.2) is 36.5 Å². The molecule has 2 nitrogen and oxygen atoms in total. The smallest absolute Gasteiger partial charge is 0.142 e. The molecule has 0 aliphatic heterocycles. The second kappa shape index (κ2) is 5.67. The van der Waals surface area contributed by atoms with Crippen molar-refractivity contribution in [3.8, 4) is 0 Å². The number of carbonyl (C=O) groups excluding carboxylic acids is 1. The highest BCUT2D eigenvalue weighted by Crippen LogP contribution is 2.27. The van der Waals surface area contributed by atoms with Crippen molar-refractivity contribution >= 4 is 34.1 Å². The number of nitrogens with one attached hydrogen (secondary N) is 1. The highest BCUT2D eigenvalue weighted by atomic mass is 127. The molecule has 0 radical (unpaired) electrons. The number of benzene rings is 1. The first-order valence-corrected chi connectivity index (χ1v) is 6.97. The average molecular weight is 341 g/mol. The fraction of sp³-hybridized carbons (Fsp3) is 0.357. The van der Waals surface area contributed by atoms with Gasteiger partial charge in [0.1, 0.15) is 5.78 Å². The zero-order chi connectivity index (χ0) is 12.3. The Hall–Kier alpha value is -0.840. The molecule has 0 saturated heterocycles. The minimum Gasteiger partial charge on any atom is -0.362 e. The van der Waals surface area contributed by atoms with E-state index in [-0.39, 0.29) is 11.8 Å². The predicted octanol–water partition coefficient (Wildman–Crippen LogP) is 3.83. The molecule has 0 bridgehead atoms. The molecule has 1 aliphatic carbocycles. The van der Waals surface area contributed by atoms with Gasteiger partial charge in [-0.25, -0.2) is 0 Å². The first-order valence-electron chi connectivity index (χ1n) is 5.89. The van der Waals surface area contributed by atoms with Crippen molar-refractivity contribution in [1.82, 2.24) is 0 Å². The van der Waals surface area contributed by atoms with Gasteiger partial charge in [-0.15, -0.1) is 0 Å². The lowest BCUT2D eigenvalue weighted by molar-refractivity contribution is -0.122. The van der Waals surface area contributed by atoms with Crippen LogP contribution in [0.5, 0.6) is 0 Å². The molecule has 1 aliphatic rings. The van der Waals surface area contributed by atoms with Crippen molar-refractivity contribution in [2.45, 2.75) is 19.8 Å². The number of hydrogen-bond donors (Lipinski definition) is 1. The molecular formula is C14H16INO. The Morgan fingerprint density at radius 1 is 1.29 bits per heavy atom. The van der Waals surface area contributed by atoms with Gasteiger partial charge >= 0.3 is 0 Å². The van der Waals surface area contributed by atoms with E-state index in [0.29, 0.717) is 5.78 Å². The van der Waals surface area contributed by atoms with Crippen molar-refractivity contribution in [3.63, 3.8) is 0 Å². The van der Waals surface area contributed by atoms with Crippen LogP contribution in [-0.2, 0) is 4.79 Å². The van der Waals surface area contributed by atoms with Gasteiger partial charge in [0, 0.05) is 21.1 Å². The van der Waals surface area contributed by atoms with Gasteiger partial charge in [0.25, 0.3) is 0 Å². The Balaban J connectivity index is 1.90. The van der Waals surface area contributed by atoms with Crippen molar-refractivity contribution < 1.29 is 4.79 Å². The SMILES string of the molecule is CC1CCC(C=CNc2ccc(I)cc2)C1=O. The molecule has 1 aromatic carbocycles. The lowest BCUT2D eigenvalue weighted by Crippen LogP contribution is -2.09. The molecule has 3 heteroatoms. The van der Waals surface area contributed by atoms with Crippen LogP contribution < -0.4 is 5.32 Å². The minimum absolute atomic E-state index is 0.112. The Morgan fingerprint density at radius 2 is 2.00 bits per heavy atom. The largest absolute Gasteiger partial charge is 0.362 e. The molecule has 0 aromatic heterocycles. The molecule has 0 spiro atoms. The molecule has 1 N–H and O–H groups in total. The topological polar surface area (TPSA) is 29.1 Å². The number of carbonyl (C=O) groups is 1. The van der Waals surface area contributed by atoms with Gasteiger partial charge in [0.2, 0.25) is 0 Å². The molecule has 0 heterocycles. The normalized spacial score (nSPS) is 24.5. The molecule has 0 amide bonds. The first kappa shape index (κ1) is 12.6. The molecule has 1 aromatic rings. The van der Waals surface area contributed by atoms with Crippen LogP contribution in [0.2, 0.25) is 0 Å². The van der Waals surface area contributed by atoms with Gasteiger partial charge in [-0.05, 0) is 65.9 Å². The van der Waals surface area contributed by atoms with Gasteiger partial charge in [-0.1, -0.05) is 13.0 Å². The lowest BCUT2D eigenvalue weighted by atomic mass is 10.0. The lowest BCUT2D eigenvalue weighted by Gasteiger charge is -2.03. The molecule has 2 unspecified atom stereocenters. The van der Waals surface area contributed by atoms with Crippen molar-refractivity contribution in [1.29, 1.82) is 0 Å². The third kappa shape index (κ3) is 3.31. The summed E-state index contributed by atoms with van der Waals surface area (Å²) in [5.74, 6) is 0.731. The average Bonchev–Trinajstić information content (AvgIpc) is 2.64. The number of anilines is 1. The van der Waals surface area contributed by atoms with Crippen LogP contribution in [0.25, 0.3) is 0 Å². The summed E-state index contributed by atoms with van der Waals surface area (Å²) < 4.78 is 1.22. The third-order valence-electron chi connectivity index (χ3n) is 3.18. The highest BCUT2D eigenvalue weighted by Gasteiger charge is 2.28. The van der Waals surface area contributed by atoms with Crippen LogP contribution in [0, 0.1) is 15.4 Å². The van der Waals surface area contributed by atoms with Gasteiger partial charge in [0.15, 0.2) is 0 Å². The van der Waals surface area contributed by atoms with E-state index in [9.17, 15) is 4.79 Å². The summed E-state index contributed by atoms with van der Waals surface area (Å²) >= 11 is 2.28. The highest BCUT2D eigenvalue weighted by molar-refractivity contribution is 14.1. The van der Waals surface area contributed by atoms with Gasteiger partial charge in [0.05, 0.1) is 0 Å². The van der Waals surface area contributed by atoms with E-state index >= 15 is 0 Å². The Labute approximate surface area is 116 Å². The Morgan fingerprint density at radius 3 is 2.59 bits per heavy atom. The molecule has 1 saturated carbocycles. The summed E-state index contributed by atoms with van der Waals surface area (Å²) in [5.41, 5.74) is 1.06. The number of hydrogen-bond acceptors (Lipinski definition) is 2. The standard InChI is InChI=1S/C14H16INO/c1-10-2-3-11(14(10)17)8-9-16-13-6-4-12(15)5-7-13/h4-11,16H,2-3H2,1H3. The number of ketones is 1. The summed E-state index contributed by atoms with van der Waals surface area (Å²) in [7, 11) is 0. The molecule has 90 valence electrons. The van der Waals surface area contributed by atoms with Crippen molar-refractivity contribution in [2.24, 2.45) is 11.8 Å². The fourth-order valence-electron chi connectivity index (χ4n) is 2.08. The predicted molar refractivity (Wildman–Crippen MR) is 78.8 cm³/mol. The van der Waals surface area contributed by atoms with Gasteiger partial charge in [-0.3, -0.25) is 4.79 Å². The zero-order valence-corrected chi connectivity index (χ0v) is 12.0. The first-order chi connectivity index (χ1) is 8.16. The van der Waals surface area contributed by atoms with Gasteiger partial charge in [-0.2, -0.15) is 0 Å². The summed E-state index contributed by atoms with van der Waals surface area (Å²) in [6, 6.07) is 8.18. The Bertz CT molecular complexity index is 424. The third-order valence-corrected chi connectivity index (χ3v) is 3.90. The summed E-state index contributed by atoms with van der Waals surface area (Å²) in [6.45, 7) is 2.02. The van der Waals surface area contributed by atoms with Gasteiger partial charge < -0.3 is 5.32 Å². The van der Waals surface area contributed by atoms with E-state index in [1.807, 2.05) is 31.3 Å². The van der Waals surface area contributed by atoms with E-state index in [4.69, 9.17) is 0 Å². The van der Waals surface area contributed by atoms with Crippen molar-refractivity contribution in [3.05, 3.63) is 40.1 Å². The molecule has 1 fully saturated rings. The van der Waals surface area contributed by atoms with E-state index in [2.05, 4.69) is 40.0 Å². The van der Waals surface area contributed by atoms with Crippen LogP contribution in [0.3, 0.4) is 0 Å². The second-order valence-corrected chi connectivity index (χ2v) is 5.74. The quantitative estimate of drug-likeness (QED) is 0.847. The summed E-state index contributed by atoms with van der Waals surface area (Å²) in [6.07, 6.45) is 5.90. The van der Waals surface area contributed by atoms with E-state index in [0.717, 1.165) is 18.5 Å². The number of Topliss-reactive ketones (excluding diaryl/α,β-unsaturated/α-hetero) is 1. The molecule has 2 atom stereocenters. The minimum atomic E-state index is 0.112. The summed E-state index contributed by atoms with van der Waals surface area (Å²) in [5, 5.41) is 3.20. The molecule has 17 heavy (non-hydrogen) atoms. The number of halogens is 1. The zero-order valence-electron chi connectivity index (χ0n) is 9.82. The molecular weight excluding hydrogens is 325 g/mol. The van der Waals surface area contributed by atoms with Crippen LogP contribution >= 0.6 is 22.6 Å². The maximum Gasteiger partial charge on any atom is 0.142 e. The van der Waals surface area contributed by atoms with E-state index in [1.165, 1.54) is 3.57 Å². The van der Waals surface area contributed by atoms with Crippen LogP contribution in [0.4, 0.5) is 5.69 Å². The molecule has 2 rings (SSSR count). The maximum absolute atomic E-state index is 11.7. The number of rotatable bonds is 3. The van der Waals surface area contributed by atoms with Crippen LogP contribution in [-0.4, -0.2) is 5.78 Å². The summed E-state index contributed by atoms with van der Waals surface area (Å²) in [4.78, 5) is 11.7. The number of allylic oxidation sites excluding steroid dienone is 1. The van der Waals surface area contributed by atoms with Crippen molar-refractivity contribution in [2.75, 3.05) is 5.32 Å². The fourth-order valence-corrected chi connectivity index (χ4v) is 2.44. The van der Waals surface area contributed by atoms with E-state index < -0.39 is 0 Å². The Kier molecular flexibility index (Phi) is 4.20. The van der Waals surface area contributed by atoms with Crippen LogP contribution in [0.1, 0.15) is 19.8 Å².